The second-order valence-corrected chi connectivity index (χ2v) is 8.62. The molecule has 0 radical (unpaired) electrons. The predicted molar refractivity (Wildman–Crippen MR) is 68.8 cm³/mol. The molecule has 18 heavy (non-hydrogen) atoms. The zero-order chi connectivity index (χ0) is 13.8. The Kier molecular flexibility index (Phi) is 4.98. The fourth-order valence-corrected chi connectivity index (χ4v) is 3.73. The van der Waals surface area contributed by atoms with Crippen molar-refractivity contribution in [1.29, 1.82) is 0 Å². The van der Waals surface area contributed by atoms with Crippen molar-refractivity contribution in [2.24, 2.45) is 0 Å². The van der Waals surface area contributed by atoms with E-state index in [1.807, 2.05) is 30.3 Å². The Morgan fingerprint density at radius 2 is 1.83 bits per heavy atom. The summed E-state index contributed by atoms with van der Waals surface area (Å²) in [6.45, 7) is 0. The maximum Gasteiger partial charge on any atom is 0.491 e. The van der Waals surface area contributed by atoms with Gasteiger partial charge in [0.15, 0.2) is 0 Å². The summed E-state index contributed by atoms with van der Waals surface area (Å²) < 4.78 is 40.7. The van der Waals surface area contributed by atoms with Crippen LogP contribution in [-0.2, 0) is 8.98 Å². The highest BCUT2D eigenvalue weighted by Crippen LogP contribution is 2.47. The fourth-order valence-electron chi connectivity index (χ4n) is 1.00. The highest BCUT2D eigenvalue weighted by atomic mass is 32.3. The van der Waals surface area contributed by atoms with Crippen molar-refractivity contribution in [1.82, 2.24) is 0 Å². The van der Waals surface area contributed by atoms with Gasteiger partial charge in [0.2, 0.25) is 0 Å². The molecule has 0 bridgehead atoms. The van der Waals surface area contributed by atoms with E-state index in [1.54, 1.807) is 0 Å². The minimum Gasteiger partial charge on any atom is -0.408 e. The van der Waals surface area contributed by atoms with Crippen LogP contribution in [0.2, 0.25) is 0 Å². The third kappa shape index (κ3) is 5.22. The lowest BCUT2D eigenvalue weighted by molar-refractivity contribution is -0.188. The minimum atomic E-state index is -4.93. The highest BCUT2D eigenvalue weighted by Gasteiger charge is 2.43. The molecule has 0 aliphatic carbocycles. The maximum absolute atomic E-state index is 12.1. The van der Waals surface area contributed by atoms with Crippen LogP contribution in [0.25, 0.3) is 0 Å². The van der Waals surface area contributed by atoms with Gasteiger partial charge in [-0.1, -0.05) is 28.5 Å². The molecule has 102 valence electrons. The summed E-state index contributed by atoms with van der Waals surface area (Å²) in [5.74, 6) is -2.11. The van der Waals surface area contributed by atoms with Crippen LogP contribution in [0.4, 0.5) is 13.2 Å². The molecule has 0 aliphatic heterocycles. The van der Waals surface area contributed by atoms with Gasteiger partial charge in [0, 0.05) is 4.90 Å². The van der Waals surface area contributed by atoms with Gasteiger partial charge in [-0.25, -0.2) is 4.79 Å². The Morgan fingerprint density at radius 1 is 1.28 bits per heavy atom. The number of hydrogen-bond donors (Lipinski definition) is 0. The van der Waals surface area contributed by atoms with Crippen molar-refractivity contribution in [2.45, 2.75) is 11.1 Å². The Bertz CT molecular complexity index is 404. The monoisotopic (exact) mass is 298 g/mol. The van der Waals surface area contributed by atoms with Crippen LogP contribution in [0.5, 0.6) is 0 Å². The van der Waals surface area contributed by atoms with Crippen LogP contribution < -0.4 is 0 Å². The molecule has 0 unspecified atom stereocenters. The standard InChI is InChI=1S/C11H13F3O2S2/c1-18(2,16-10(15)11(12,13)14)8-17-9-6-4-3-5-7-9/h3-7H,8H2,1-2H3. The van der Waals surface area contributed by atoms with E-state index in [2.05, 4.69) is 4.18 Å². The van der Waals surface area contributed by atoms with E-state index in [1.165, 1.54) is 24.3 Å². The number of thioether (sulfide) groups is 1. The summed E-state index contributed by atoms with van der Waals surface area (Å²) in [6, 6.07) is 9.24. The van der Waals surface area contributed by atoms with Crippen molar-refractivity contribution >= 4 is 28.0 Å². The highest BCUT2D eigenvalue weighted by molar-refractivity contribution is 8.35. The summed E-state index contributed by atoms with van der Waals surface area (Å²) in [7, 11) is -2.07. The number of rotatable bonds is 4. The van der Waals surface area contributed by atoms with Gasteiger partial charge < -0.3 is 4.18 Å². The normalized spacial score (nSPS) is 13.2. The zero-order valence-corrected chi connectivity index (χ0v) is 11.5. The van der Waals surface area contributed by atoms with Gasteiger partial charge in [0.25, 0.3) is 0 Å². The van der Waals surface area contributed by atoms with Crippen molar-refractivity contribution in [3.8, 4) is 0 Å². The first-order chi connectivity index (χ1) is 8.21. The molecule has 0 amide bonds. The van der Waals surface area contributed by atoms with Crippen LogP contribution in [0.3, 0.4) is 0 Å². The number of halogens is 3. The molecule has 0 saturated carbocycles. The molecule has 7 heteroatoms. The van der Waals surface area contributed by atoms with Gasteiger partial charge in [0.1, 0.15) is 0 Å². The van der Waals surface area contributed by atoms with Crippen LogP contribution in [0.1, 0.15) is 0 Å². The van der Waals surface area contributed by atoms with E-state index >= 15 is 0 Å². The minimum absolute atomic E-state index is 0.332. The molecule has 0 saturated heterocycles. The van der Waals surface area contributed by atoms with Crippen molar-refractivity contribution < 1.29 is 22.1 Å². The van der Waals surface area contributed by atoms with E-state index in [0.29, 0.717) is 5.08 Å². The molecular weight excluding hydrogens is 285 g/mol. The van der Waals surface area contributed by atoms with Crippen LogP contribution in [0.15, 0.2) is 35.2 Å². The van der Waals surface area contributed by atoms with Crippen LogP contribution in [0, 0.1) is 0 Å². The number of benzene rings is 1. The molecule has 0 aromatic heterocycles. The van der Waals surface area contributed by atoms with Crippen LogP contribution >= 0.6 is 22.1 Å². The SMILES string of the molecule is CS(C)(CSc1ccccc1)OC(=O)C(F)(F)F. The Hall–Kier alpha value is -0.820. The van der Waals surface area contributed by atoms with Gasteiger partial charge in [-0.15, -0.1) is 11.8 Å². The predicted octanol–water partition coefficient (Wildman–Crippen LogP) is 3.82. The molecule has 0 fully saturated rings. The summed E-state index contributed by atoms with van der Waals surface area (Å²) >= 11 is 1.37. The maximum atomic E-state index is 12.1. The molecule has 0 N–H and O–H groups in total. The average Bonchev–Trinajstić information content (AvgIpc) is 2.26. The molecule has 1 rings (SSSR count). The molecule has 0 aliphatic rings. The average molecular weight is 298 g/mol. The van der Waals surface area contributed by atoms with Gasteiger partial charge in [-0.2, -0.15) is 13.2 Å². The number of carbonyl (C=O) groups is 1. The lowest BCUT2D eigenvalue weighted by atomic mass is 10.4. The lowest BCUT2D eigenvalue weighted by Crippen LogP contribution is -2.26. The van der Waals surface area contributed by atoms with Crippen molar-refractivity contribution in [2.75, 3.05) is 17.6 Å². The van der Waals surface area contributed by atoms with Crippen molar-refractivity contribution in [3.63, 3.8) is 0 Å². The summed E-state index contributed by atoms with van der Waals surface area (Å²) in [4.78, 5) is 11.7. The van der Waals surface area contributed by atoms with Gasteiger partial charge >= 0.3 is 12.1 Å². The molecule has 1 aromatic rings. The molecule has 2 nitrogen and oxygen atoms in total. The van der Waals surface area contributed by atoms with Gasteiger partial charge in [-0.05, 0) is 24.6 Å². The first-order valence-electron chi connectivity index (χ1n) is 4.90. The molecule has 0 heterocycles. The van der Waals surface area contributed by atoms with Gasteiger partial charge in [-0.3, -0.25) is 0 Å². The van der Waals surface area contributed by atoms with Crippen molar-refractivity contribution in [3.05, 3.63) is 30.3 Å². The van der Waals surface area contributed by atoms with E-state index in [-0.39, 0.29) is 0 Å². The molecule has 0 spiro atoms. The Morgan fingerprint density at radius 3 is 2.33 bits per heavy atom. The third-order valence-electron chi connectivity index (χ3n) is 1.79. The number of carbonyl (C=O) groups excluding carboxylic acids is 1. The van der Waals surface area contributed by atoms with Gasteiger partial charge in [0.05, 0.1) is 5.08 Å². The summed E-state index contributed by atoms with van der Waals surface area (Å²) in [5, 5.41) is 0.332. The largest absolute Gasteiger partial charge is 0.491 e. The second-order valence-electron chi connectivity index (χ2n) is 3.88. The Balaban J connectivity index is 2.53. The van der Waals surface area contributed by atoms with E-state index in [0.717, 1.165) is 4.90 Å². The molecule has 1 aromatic carbocycles. The number of alkyl halides is 3. The zero-order valence-electron chi connectivity index (χ0n) is 9.86. The van der Waals surface area contributed by atoms with E-state index in [4.69, 9.17) is 0 Å². The third-order valence-corrected chi connectivity index (χ3v) is 5.74. The molecule has 0 atom stereocenters. The second kappa shape index (κ2) is 5.88. The summed E-state index contributed by atoms with van der Waals surface area (Å²) in [5.41, 5.74) is 0. The number of hydrogen-bond acceptors (Lipinski definition) is 3. The Labute approximate surface area is 109 Å². The first-order valence-corrected chi connectivity index (χ1v) is 8.43. The first kappa shape index (κ1) is 15.2. The topological polar surface area (TPSA) is 26.3 Å². The summed E-state index contributed by atoms with van der Waals surface area (Å²) in [6.07, 6.45) is -1.86. The van der Waals surface area contributed by atoms with Crippen LogP contribution in [-0.4, -0.2) is 29.7 Å². The fraction of sp³-hybridized carbons (Fsp3) is 0.364. The molecular formula is C11H13F3O2S2. The lowest BCUT2D eigenvalue weighted by Gasteiger charge is -2.30. The van der Waals surface area contributed by atoms with E-state index < -0.39 is 22.5 Å². The van der Waals surface area contributed by atoms with E-state index in [9.17, 15) is 18.0 Å². The smallest absolute Gasteiger partial charge is 0.408 e. The quantitative estimate of drug-likeness (QED) is 0.790.